The molecule has 1 atom stereocenters. The SMILES string of the molecule is COc1ccc(C=NNC(=O)[C@@H](C)Oc2ccc(C#N)cc2)cc1O. The highest BCUT2D eigenvalue weighted by Gasteiger charge is 2.13. The molecule has 2 N–H and O–H groups in total. The zero-order valence-electron chi connectivity index (χ0n) is 13.8. The van der Waals surface area contributed by atoms with E-state index < -0.39 is 12.0 Å². The van der Waals surface area contributed by atoms with E-state index in [0.717, 1.165) is 0 Å². The molecule has 0 aliphatic carbocycles. The largest absolute Gasteiger partial charge is 0.504 e. The average molecular weight is 339 g/mol. The van der Waals surface area contributed by atoms with Crippen LogP contribution in [0.2, 0.25) is 0 Å². The van der Waals surface area contributed by atoms with Crippen molar-refractivity contribution in [3.63, 3.8) is 0 Å². The summed E-state index contributed by atoms with van der Waals surface area (Å²) in [4.78, 5) is 12.0. The van der Waals surface area contributed by atoms with Crippen molar-refractivity contribution in [2.45, 2.75) is 13.0 Å². The first kappa shape index (κ1) is 17.8. The van der Waals surface area contributed by atoms with E-state index in [1.165, 1.54) is 19.4 Å². The van der Waals surface area contributed by atoms with Crippen LogP contribution in [0.25, 0.3) is 0 Å². The van der Waals surface area contributed by atoms with E-state index in [2.05, 4.69) is 10.5 Å². The lowest BCUT2D eigenvalue weighted by Crippen LogP contribution is -2.33. The minimum atomic E-state index is -0.769. The van der Waals surface area contributed by atoms with Crippen LogP contribution >= 0.6 is 0 Å². The number of hydrogen-bond acceptors (Lipinski definition) is 6. The van der Waals surface area contributed by atoms with Crippen molar-refractivity contribution in [2.24, 2.45) is 5.10 Å². The minimum Gasteiger partial charge on any atom is -0.504 e. The number of carbonyl (C=O) groups excluding carboxylic acids is 1. The van der Waals surface area contributed by atoms with Gasteiger partial charge in [0, 0.05) is 0 Å². The number of rotatable bonds is 6. The van der Waals surface area contributed by atoms with Crippen molar-refractivity contribution in [3.8, 4) is 23.3 Å². The molecule has 2 aromatic rings. The Kier molecular flexibility index (Phi) is 5.96. The van der Waals surface area contributed by atoms with Crippen LogP contribution in [0.4, 0.5) is 0 Å². The van der Waals surface area contributed by atoms with E-state index in [0.29, 0.717) is 22.6 Å². The lowest BCUT2D eigenvalue weighted by molar-refractivity contribution is -0.127. The molecule has 7 heteroatoms. The summed E-state index contributed by atoms with van der Waals surface area (Å²) in [7, 11) is 1.46. The normalized spacial score (nSPS) is 11.6. The topological polar surface area (TPSA) is 104 Å². The van der Waals surface area contributed by atoms with Crippen LogP contribution in [0.5, 0.6) is 17.2 Å². The molecule has 0 aliphatic heterocycles. The molecule has 0 fully saturated rings. The van der Waals surface area contributed by atoms with Gasteiger partial charge in [-0.2, -0.15) is 10.4 Å². The Bertz CT molecular complexity index is 810. The van der Waals surface area contributed by atoms with Crippen LogP contribution in [0.1, 0.15) is 18.1 Å². The molecule has 0 saturated heterocycles. The van der Waals surface area contributed by atoms with Crippen LogP contribution < -0.4 is 14.9 Å². The maximum Gasteiger partial charge on any atom is 0.280 e. The number of nitrogens with zero attached hydrogens (tertiary/aromatic N) is 2. The molecule has 0 aromatic heterocycles. The molecule has 0 saturated carbocycles. The van der Waals surface area contributed by atoms with E-state index in [-0.39, 0.29) is 5.75 Å². The molecule has 0 aliphatic rings. The smallest absolute Gasteiger partial charge is 0.280 e. The molecule has 2 aromatic carbocycles. The van der Waals surface area contributed by atoms with Gasteiger partial charge < -0.3 is 14.6 Å². The number of carbonyl (C=O) groups is 1. The second kappa shape index (κ2) is 8.36. The van der Waals surface area contributed by atoms with Crippen molar-refractivity contribution >= 4 is 12.1 Å². The maximum absolute atomic E-state index is 12.0. The summed E-state index contributed by atoms with van der Waals surface area (Å²) in [5, 5.41) is 22.2. The van der Waals surface area contributed by atoms with Gasteiger partial charge in [0.15, 0.2) is 17.6 Å². The second-order valence-corrected chi connectivity index (χ2v) is 5.06. The van der Waals surface area contributed by atoms with E-state index in [1.807, 2.05) is 6.07 Å². The van der Waals surface area contributed by atoms with Gasteiger partial charge in [0.1, 0.15) is 5.75 Å². The van der Waals surface area contributed by atoms with Gasteiger partial charge in [-0.15, -0.1) is 0 Å². The first-order valence-corrected chi connectivity index (χ1v) is 7.40. The van der Waals surface area contributed by atoms with Gasteiger partial charge in [0.2, 0.25) is 0 Å². The van der Waals surface area contributed by atoms with Gasteiger partial charge in [0.05, 0.1) is 25.0 Å². The molecular formula is C18H17N3O4. The van der Waals surface area contributed by atoms with Crippen LogP contribution in [0.15, 0.2) is 47.6 Å². The summed E-state index contributed by atoms with van der Waals surface area (Å²) in [6, 6.07) is 13.2. The Balaban J connectivity index is 1.90. The number of nitrogens with one attached hydrogen (secondary N) is 1. The number of phenolic OH excluding ortho intramolecular Hbond substituents is 1. The summed E-state index contributed by atoms with van der Waals surface area (Å²) in [5.74, 6) is 0.380. The van der Waals surface area contributed by atoms with Gasteiger partial charge in [-0.3, -0.25) is 4.79 Å². The number of ether oxygens (including phenoxy) is 2. The van der Waals surface area contributed by atoms with Crippen LogP contribution in [0.3, 0.4) is 0 Å². The fourth-order valence-corrected chi connectivity index (χ4v) is 1.91. The Morgan fingerprint density at radius 1 is 1.32 bits per heavy atom. The number of phenols is 1. The lowest BCUT2D eigenvalue weighted by Gasteiger charge is -2.12. The summed E-state index contributed by atoms with van der Waals surface area (Å²) >= 11 is 0. The molecule has 0 heterocycles. The van der Waals surface area contributed by atoms with Crippen LogP contribution in [-0.2, 0) is 4.79 Å². The van der Waals surface area contributed by atoms with Crippen LogP contribution in [0, 0.1) is 11.3 Å². The molecule has 0 unspecified atom stereocenters. The number of benzene rings is 2. The van der Waals surface area contributed by atoms with Gasteiger partial charge >= 0.3 is 0 Å². The van der Waals surface area contributed by atoms with Crippen molar-refractivity contribution in [3.05, 3.63) is 53.6 Å². The van der Waals surface area contributed by atoms with Crippen LogP contribution in [-0.4, -0.2) is 30.4 Å². The Labute approximate surface area is 145 Å². The molecule has 0 spiro atoms. The maximum atomic E-state index is 12.0. The number of amides is 1. The first-order valence-electron chi connectivity index (χ1n) is 7.40. The van der Waals surface area contributed by atoms with E-state index in [1.54, 1.807) is 43.3 Å². The number of hydrogen-bond donors (Lipinski definition) is 2. The molecular weight excluding hydrogens is 322 g/mol. The highest BCUT2D eigenvalue weighted by molar-refractivity contribution is 5.84. The summed E-state index contributed by atoms with van der Waals surface area (Å²) in [5.41, 5.74) is 3.47. The van der Waals surface area contributed by atoms with Gasteiger partial charge in [-0.1, -0.05) is 0 Å². The fraction of sp³-hybridized carbons (Fsp3) is 0.167. The molecule has 25 heavy (non-hydrogen) atoms. The Hall–Kier alpha value is -3.53. The zero-order chi connectivity index (χ0) is 18.2. The van der Waals surface area contributed by atoms with Crippen molar-refractivity contribution < 1.29 is 19.4 Å². The zero-order valence-corrected chi connectivity index (χ0v) is 13.8. The predicted octanol–water partition coefficient (Wildman–Crippen LogP) is 2.19. The number of hydrazone groups is 1. The monoisotopic (exact) mass is 339 g/mol. The minimum absolute atomic E-state index is 0.0182. The third-order valence-corrected chi connectivity index (χ3v) is 3.26. The van der Waals surface area contributed by atoms with E-state index >= 15 is 0 Å². The van der Waals surface area contributed by atoms with Gasteiger partial charge in [-0.05, 0) is 55.0 Å². The van der Waals surface area contributed by atoms with Crippen molar-refractivity contribution in [1.82, 2.24) is 5.43 Å². The number of methoxy groups -OCH3 is 1. The highest BCUT2D eigenvalue weighted by Crippen LogP contribution is 2.25. The fourth-order valence-electron chi connectivity index (χ4n) is 1.91. The van der Waals surface area contributed by atoms with E-state index in [4.69, 9.17) is 14.7 Å². The average Bonchev–Trinajstić information content (AvgIpc) is 2.62. The van der Waals surface area contributed by atoms with Crippen molar-refractivity contribution in [1.29, 1.82) is 5.26 Å². The standard InChI is InChI=1S/C18H17N3O4/c1-12(25-15-6-3-13(10-19)4-7-15)18(23)21-20-11-14-5-8-17(24-2)16(22)9-14/h3-9,11-12,22H,1-2H3,(H,21,23)/t12-/m1/s1. The highest BCUT2D eigenvalue weighted by atomic mass is 16.5. The molecule has 0 radical (unpaired) electrons. The third-order valence-electron chi connectivity index (χ3n) is 3.26. The Morgan fingerprint density at radius 2 is 2.04 bits per heavy atom. The van der Waals surface area contributed by atoms with Gasteiger partial charge in [-0.25, -0.2) is 5.43 Å². The molecule has 1 amide bonds. The number of nitriles is 1. The number of aromatic hydroxyl groups is 1. The molecule has 0 bridgehead atoms. The summed E-state index contributed by atoms with van der Waals surface area (Å²) in [6.07, 6.45) is 0.625. The molecule has 7 nitrogen and oxygen atoms in total. The predicted molar refractivity (Wildman–Crippen MR) is 91.6 cm³/mol. The van der Waals surface area contributed by atoms with Crippen molar-refractivity contribution in [2.75, 3.05) is 7.11 Å². The molecule has 2 rings (SSSR count). The van der Waals surface area contributed by atoms with Gasteiger partial charge in [0.25, 0.3) is 5.91 Å². The molecule has 128 valence electrons. The summed E-state index contributed by atoms with van der Waals surface area (Å²) < 4.78 is 10.4. The third kappa shape index (κ3) is 4.97. The summed E-state index contributed by atoms with van der Waals surface area (Å²) in [6.45, 7) is 1.59. The van der Waals surface area contributed by atoms with E-state index in [9.17, 15) is 9.90 Å². The Morgan fingerprint density at radius 3 is 2.64 bits per heavy atom. The lowest BCUT2D eigenvalue weighted by atomic mass is 10.2. The first-order chi connectivity index (χ1) is 12.0. The second-order valence-electron chi connectivity index (χ2n) is 5.06. The quantitative estimate of drug-likeness (QED) is 0.620.